The molecule has 2 aliphatic heterocycles. The molecule has 2 fully saturated rings. The lowest BCUT2D eigenvalue weighted by Crippen LogP contribution is -2.60. The van der Waals surface area contributed by atoms with Crippen molar-refractivity contribution in [1.82, 2.24) is 35.5 Å². The van der Waals surface area contributed by atoms with E-state index in [1.165, 1.54) is 36.6 Å². The number of nitrogens with zero attached hydrogens (tertiary/aromatic N) is 6. The Hall–Kier alpha value is -3.88. The molecule has 212 valence electrons. The molecule has 0 aliphatic carbocycles. The number of rotatable bonds is 7. The number of carbonyl (C=O) groups excluding carboxylic acids is 2. The Labute approximate surface area is 224 Å². The summed E-state index contributed by atoms with van der Waals surface area (Å²) in [6.45, 7) is 5.53. The van der Waals surface area contributed by atoms with E-state index in [0.29, 0.717) is 6.61 Å². The predicted octanol–water partition coefficient (Wildman–Crippen LogP) is 2.13. The van der Waals surface area contributed by atoms with Gasteiger partial charge in [0.15, 0.2) is 5.82 Å². The quantitative estimate of drug-likeness (QED) is 0.469. The van der Waals surface area contributed by atoms with Crippen LogP contribution in [0, 0.1) is 5.92 Å². The summed E-state index contributed by atoms with van der Waals surface area (Å²) in [4.78, 5) is 44.1. The van der Waals surface area contributed by atoms with Gasteiger partial charge in [-0.25, -0.2) is 33.3 Å². The molecule has 3 atom stereocenters. The van der Waals surface area contributed by atoms with E-state index in [-0.39, 0.29) is 48.6 Å². The number of hydrogen-bond acceptors (Lipinski definition) is 10. The number of hydrogen-bond donors (Lipinski definition) is 3. The number of halogens is 2. The van der Waals surface area contributed by atoms with Gasteiger partial charge >= 0.3 is 12.1 Å². The number of aromatic nitrogens is 4. The third kappa shape index (κ3) is 7.16. The molecule has 0 radical (unpaired) electrons. The van der Waals surface area contributed by atoms with Crippen LogP contribution in [0.2, 0.25) is 0 Å². The molecule has 2 aromatic heterocycles. The lowest BCUT2D eigenvalue weighted by molar-refractivity contribution is -0.0760. The second kappa shape index (κ2) is 12.3. The smallest absolute Gasteiger partial charge is 0.414 e. The van der Waals surface area contributed by atoms with Crippen LogP contribution in [0.15, 0.2) is 24.7 Å². The summed E-state index contributed by atoms with van der Waals surface area (Å²) in [5, 5.41) is 8.59. The van der Waals surface area contributed by atoms with E-state index in [1.54, 1.807) is 6.92 Å². The number of ether oxygens (including phenoxy) is 2. The molecular weight excluding hydrogens is 516 g/mol. The lowest BCUT2D eigenvalue weighted by atomic mass is 9.96. The molecule has 2 aromatic rings. The Morgan fingerprint density at radius 2 is 2.08 bits per heavy atom. The van der Waals surface area contributed by atoms with Crippen molar-refractivity contribution in [3.8, 4) is 11.8 Å². The number of urea groups is 1. The number of nitrogens with one attached hydrogen (secondary N) is 3. The van der Waals surface area contributed by atoms with Crippen LogP contribution in [0.1, 0.15) is 26.7 Å². The van der Waals surface area contributed by atoms with Gasteiger partial charge in [0, 0.05) is 44.9 Å². The van der Waals surface area contributed by atoms with Crippen LogP contribution in [0.25, 0.3) is 0 Å². The van der Waals surface area contributed by atoms with Crippen LogP contribution in [-0.2, 0) is 0 Å². The Morgan fingerprint density at radius 1 is 1.26 bits per heavy atom. The van der Waals surface area contributed by atoms with Gasteiger partial charge in [0.1, 0.15) is 6.04 Å². The first-order chi connectivity index (χ1) is 18.7. The van der Waals surface area contributed by atoms with Crippen molar-refractivity contribution in [2.75, 3.05) is 50.1 Å². The molecule has 3 N–H and O–H groups in total. The van der Waals surface area contributed by atoms with E-state index in [0.717, 1.165) is 24.4 Å². The highest BCUT2D eigenvalue weighted by Crippen LogP contribution is 2.33. The third-order valence-electron chi connectivity index (χ3n) is 6.73. The molecule has 13 nitrogen and oxygen atoms in total. The van der Waals surface area contributed by atoms with Crippen molar-refractivity contribution in [3.63, 3.8) is 0 Å². The third-order valence-corrected chi connectivity index (χ3v) is 6.73. The largest absolute Gasteiger partial charge is 0.477 e. The fourth-order valence-corrected chi connectivity index (χ4v) is 4.46. The average Bonchev–Trinajstić information content (AvgIpc) is 2.91. The zero-order valence-corrected chi connectivity index (χ0v) is 22.1. The van der Waals surface area contributed by atoms with E-state index in [2.05, 4.69) is 35.9 Å². The topological polar surface area (TPSA) is 147 Å². The zero-order valence-electron chi connectivity index (χ0n) is 22.1. The molecule has 2 saturated heterocycles. The van der Waals surface area contributed by atoms with Crippen molar-refractivity contribution < 1.29 is 27.8 Å². The monoisotopic (exact) mass is 549 g/mol. The molecule has 4 rings (SSSR count). The number of carbonyl (C=O) groups is 2. The average molecular weight is 550 g/mol. The van der Waals surface area contributed by atoms with E-state index in [9.17, 15) is 18.4 Å². The number of likely N-dealkylation sites (N-methyl/N-ethyl adjacent to an activating group) is 1. The van der Waals surface area contributed by atoms with E-state index < -0.39 is 30.5 Å². The summed E-state index contributed by atoms with van der Waals surface area (Å²) in [7, 11) is 1.28. The molecule has 0 aromatic carbocycles. The zero-order chi connectivity index (χ0) is 28.0. The molecule has 0 unspecified atom stereocenters. The van der Waals surface area contributed by atoms with Crippen molar-refractivity contribution in [1.29, 1.82) is 0 Å². The van der Waals surface area contributed by atoms with Crippen molar-refractivity contribution in [2.24, 2.45) is 5.92 Å². The summed E-state index contributed by atoms with van der Waals surface area (Å²) in [5.74, 6) is -2.43. The van der Waals surface area contributed by atoms with Crippen LogP contribution in [0.3, 0.4) is 0 Å². The van der Waals surface area contributed by atoms with Crippen LogP contribution >= 0.6 is 0 Å². The first-order valence-corrected chi connectivity index (χ1v) is 12.8. The number of alkyl halides is 2. The molecular formula is C24H33F2N9O4. The molecule has 3 amide bonds. The predicted molar refractivity (Wildman–Crippen MR) is 137 cm³/mol. The molecule has 15 heteroatoms. The fourth-order valence-electron chi connectivity index (χ4n) is 4.46. The maximum absolute atomic E-state index is 14.9. The molecule has 4 heterocycles. The number of amides is 3. The van der Waals surface area contributed by atoms with E-state index >= 15 is 0 Å². The van der Waals surface area contributed by atoms with Gasteiger partial charge in [-0.3, -0.25) is 5.32 Å². The summed E-state index contributed by atoms with van der Waals surface area (Å²) in [5.41, 5.74) is 0. The Morgan fingerprint density at radius 3 is 2.79 bits per heavy atom. The lowest BCUT2D eigenvalue weighted by Gasteiger charge is -2.42. The first kappa shape index (κ1) is 28.1. The Balaban J connectivity index is 1.39. The van der Waals surface area contributed by atoms with Gasteiger partial charge in [-0.15, -0.1) is 0 Å². The van der Waals surface area contributed by atoms with Gasteiger partial charge in [0.25, 0.3) is 5.92 Å². The van der Waals surface area contributed by atoms with Crippen LogP contribution in [0.5, 0.6) is 11.8 Å². The SMILES string of the molecule is CCOc1cnc(NC(=O)N(C)[C@H]2CN(c3nccc(OC(=O)N[C@@H]4CCNC[C@@H]4C)n3)CCC2(F)F)cn1. The van der Waals surface area contributed by atoms with Gasteiger partial charge in [0.2, 0.25) is 17.7 Å². The molecule has 0 spiro atoms. The second-order valence-corrected chi connectivity index (χ2v) is 9.49. The van der Waals surface area contributed by atoms with Crippen molar-refractivity contribution in [2.45, 2.75) is 44.7 Å². The van der Waals surface area contributed by atoms with Crippen molar-refractivity contribution >= 4 is 23.9 Å². The minimum Gasteiger partial charge on any atom is -0.477 e. The van der Waals surface area contributed by atoms with Gasteiger partial charge in [-0.05, 0) is 32.4 Å². The second-order valence-electron chi connectivity index (χ2n) is 9.49. The van der Waals surface area contributed by atoms with Gasteiger partial charge < -0.3 is 29.9 Å². The molecule has 0 saturated carbocycles. The Bertz CT molecular complexity index is 1140. The van der Waals surface area contributed by atoms with E-state index in [4.69, 9.17) is 9.47 Å². The maximum atomic E-state index is 14.9. The van der Waals surface area contributed by atoms with Crippen molar-refractivity contribution in [3.05, 3.63) is 24.7 Å². The highest BCUT2D eigenvalue weighted by Gasteiger charge is 2.48. The maximum Gasteiger partial charge on any atom is 0.414 e. The van der Waals surface area contributed by atoms with Gasteiger partial charge in [0.05, 0.1) is 19.0 Å². The standard InChI is InChI=1S/C24H33F2N9O4/c1-4-38-20-13-29-18(12-30-20)32-22(36)34(3)17-14-35(10-7-24(17,25)26)21-28-9-6-19(33-21)39-23(37)31-16-5-8-27-11-15(16)2/h6,9,12-13,15-17,27H,4-5,7-8,10-11,14H2,1-3H3,(H,31,37)(H,29,32,36)/t15-,16+,17-/m0/s1. The molecule has 39 heavy (non-hydrogen) atoms. The minimum atomic E-state index is -3.16. The van der Waals surface area contributed by atoms with Crippen LogP contribution in [-0.4, -0.2) is 94.8 Å². The summed E-state index contributed by atoms with van der Waals surface area (Å²) in [6, 6.07) is -0.871. The molecule has 0 bridgehead atoms. The van der Waals surface area contributed by atoms with Crippen LogP contribution in [0.4, 0.5) is 30.1 Å². The summed E-state index contributed by atoms with van der Waals surface area (Å²) < 4.78 is 40.4. The normalized spacial score (nSPS) is 22.5. The van der Waals surface area contributed by atoms with Gasteiger partial charge in [-0.2, -0.15) is 4.98 Å². The highest BCUT2D eigenvalue weighted by atomic mass is 19.3. The molecule has 2 aliphatic rings. The summed E-state index contributed by atoms with van der Waals surface area (Å²) in [6.07, 6.45) is 3.61. The fraction of sp³-hybridized carbons (Fsp3) is 0.583. The number of piperidine rings is 2. The van der Waals surface area contributed by atoms with E-state index in [1.807, 2.05) is 6.92 Å². The number of anilines is 2. The highest BCUT2D eigenvalue weighted by molar-refractivity contribution is 5.88. The Kier molecular flexibility index (Phi) is 8.89. The minimum absolute atomic E-state index is 0.00635. The summed E-state index contributed by atoms with van der Waals surface area (Å²) >= 11 is 0. The van der Waals surface area contributed by atoms with Gasteiger partial charge in [-0.1, -0.05) is 6.92 Å². The first-order valence-electron chi connectivity index (χ1n) is 12.8. The van der Waals surface area contributed by atoms with Crippen LogP contribution < -0.4 is 30.3 Å².